The van der Waals surface area contributed by atoms with Crippen molar-refractivity contribution in [2.24, 2.45) is 0 Å². The first-order chi connectivity index (χ1) is 8.25. The zero-order valence-corrected chi connectivity index (χ0v) is 11.3. The minimum absolute atomic E-state index is 0.638. The van der Waals surface area contributed by atoms with Crippen LogP contribution < -0.4 is 4.90 Å². The fraction of sp³-hybridized carbons (Fsp3) is 0.615. The van der Waals surface area contributed by atoms with Crippen molar-refractivity contribution in [2.75, 3.05) is 30.3 Å². The van der Waals surface area contributed by atoms with Crippen molar-refractivity contribution in [3.8, 4) is 0 Å². The molecule has 4 heteroatoms. The Hall–Kier alpha value is -0.740. The number of piperazine rings is 1. The van der Waals surface area contributed by atoms with Crippen LogP contribution in [0.2, 0.25) is 0 Å². The highest BCUT2D eigenvalue weighted by Gasteiger charge is 2.33. The Balaban J connectivity index is 1.83. The van der Waals surface area contributed by atoms with Gasteiger partial charge in [-0.2, -0.15) is 0 Å². The number of rotatable bonds is 1. The monoisotopic (exact) mass is 249 g/mol. The highest BCUT2D eigenvalue weighted by Crippen LogP contribution is 2.36. The molecule has 3 heterocycles. The molecule has 2 aliphatic rings. The fourth-order valence-corrected chi connectivity index (χ4v) is 3.80. The van der Waals surface area contributed by atoms with E-state index in [0.717, 1.165) is 13.1 Å². The molecule has 0 aromatic carbocycles. The standard InChI is InChI=1S/C13H19N3S/c1-10(2)15-6-7-16-11(8-15)9-17-12-4-3-5-14-13(12)16/h3-5,10-11H,6-9H2,1-2H3/t11-/m0/s1. The van der Waals surface area contributed by atoms with E-state index in [1.807, 2.05) is 24.0 Å². The highest BCUT2D eigenvalue weighted by molar-refractivity contribution is 7.99. The summed E-state index contributed by atoms with van der Waals surface area (Å²) in [5.41, 5.74) is 0. The second kappa shape index (κ2) is 4.50. The first-order valence-electron chi connectivity index (χ1n) is 6.34. The Kier molecular flexibility index (Phi) is 3.01. The quantitative estimate of drug-likeness (QED) is 0.758. The van der Waals surface area contributed by atoms with Gasteiger partial charge in [0.25, 0.3) is 0 Å². The van der Waals surface area contributed by atoms with Crippen molar-refractivity contribution in [1.82, 2.24) is 9.88 Å². The molecule has 0 bridgehead atoms. The molecule has 1 saturated heterocycles. The number of fused-ring (bicyclic) bond motifs is 3. The predicted octanol–water partition coefficient (Wildman–Crippen LogP) is 2.09. The molecule has 92 valence electrons. The molecule has 1 aromatic rings. The lowest BCUT2D eigenvalue weighted by atomic mass is 10.1. The van der Waals surface area contributed by atoms with Gasteiger partial charge in [0.1, 0.15) is 5.82 Å². The van der Waals surface area contributed by atoms with Crippen molar-refractivity contribution < 1.29 is 0 Å². The molecule has 3 nitrogen and oxygen atoms in total. The van der Waals surface area contributed by atoms with Crippen LogP contribution in [0.1, 0.15) is 13.8 Å². The van der Waals surface area contributed by atoms with Gasteiger partial charge in [-0.05, 0) is 26.0 Å². The van der Waals surface area contributed by atoms with E-state index >= 15 is 0 Å². The Labute approximate surface area is 107 Å². The molecule has 0 unspecified atom stereocenters. The maximum absolute atomic E-state index is 4.56. The molecular formula is C13H19N3S. The van der Waals surface area contributed by atoms with Gasteiger partial charge in [0.2, 0.25) is 0 Å². The van der Waals surface area contributed by atoms with Gasteiger partial charge >= 0.3 is 0 Å². The Morgan fingerprint density at radius 1 is 1.41 bits per heavy atom. The third kappa shape index (κ3) is 2.04. The van der Waals surface area contributed by atoms with Gasteiger partial charge in [0.15, 0.2) is 0 Å². The average Bonchev–Trinajstić information content (AvgIpc) is 2.38. The van der Waals surface area contributed by atoms with E-state index in [4.69, 9.17) is 0 Å². The summed E-state index contributed by atoms with van der Waals surface area (Å²) in [7, 11) is 0. The Bertz CT molecular complexity index is 407. The molecule has 3 rings (SSSR count). The van der Waals surface area contributed by atoms with E-state index in [9.17, 15) is 0 Å². The van der Waals surface area contributed by atoms with Gasteiger partial charge in [-0.25, -0.2) is 4.98 Å². The topological polar surface area (TPSA) is 19.4 Å². The van der Waals surface area contributed by atoms with Crippen LogP contribution in [0.4, 0.5) is 5.82 Å². The number of hydrogen-bond acceptors (Lipinski definition) is 4. The van der Waals surface area contributed by atoms with Crippen molar-refractivity contribution in [1.29, 1.82) is 0 Å². The van der Waals surface area contributed by atoms with E-state index in [2.05, 4.69) is 34.7 Å². The third-order valence-corrected chi connectivity index (χ3v) is 4.88. The molecular weight excluding hydrogens is 230 g/mol. The molecule has 2 aliphatic heterocycles. The minimum Gasteiger partial charge on any atom is -0.349 e. The van der Waals surface area contributed by atoms with Crippen molar-refractivity contribution in [3.05, 3.63) is 18.3 Å². The van der Waals surface area contributed by atoms with E-state index in [-0.39, 0.29) is 0 Å². The SMILES string of the molecule is CC(C)N1CCN2c3ncccc3SC[C@@H]2C1. The first-order valence-corrected chi connectivity index (χ1v) is 7.33. The minimum atomic E-state index is 0.638. The van der Waals surface area contributed by atoms with Gasteiger partial charge in [-0.15, -0.1) is 11.8 Å². The summed E-state index contributed by atoms with van der Waals surface area (Å²) in [4.78, 5) is 11.0. The number of hydrogen-bond donors (Lipinski definition) is 0. The van der Waals surface area contributed by atoms with Crippen molar-refractivity contribution in [3.63, 3.8) is 0 Å². The van der Waals surface area contributed by atoms with Crippen LogP contribution in [0.15, 0.2) is 23.2 Å². The third-order valence-electron chi connectivity index (χ3n) is 3.70. The molecule has 0 aliphatic carbocycles. The van der Waals surface area contributed by atoms with E-state index in [0.29, 0.717) is 12.1 Å². The molecule has 1 atom stereocenters. The maximum Gasteiger partial charge on any atom is 0.142 e. The lowest BCUT2D eigenvalue weighted by molar-refractivity contribution is 0.185. The zero-order chi connectivity index (χ0) is 11.8. The summed E-state index contributed by atoms with van der Waals surface area (Å²) in [6.45, 7) is 8.04. The molecule has 1 aromatic heterocycles. The maximum atomic E-state index is 4.56. The summed E-state index contributed by atoms with van der Waals surface area (Å²) in [5, 5.41) is 0. The fourth-order valence-electron chi connectivity index (χ4n) is 2.67. The molecule has 0 amide bonds. The molecule has 0 saturated carbocycles. The zero-order valence-electron chi connectivity index (χ0n) is 10.5. The summed E-state index contributed by atoms with van der Waals surface area (Å²) in [6, 6.07) is 5.53. The summed E-state index contributed by atoms with van der Waals surface area (Å²) >= 11 is 1.96. The Morgan fingerprint density at radius 2 is 2.29 bits per heavy atom. The lowest BCUT2D eigenvalue weighted by Crippen LogP contribution is -2.57. The second-order valence-electron chi connectivity index (χ2n) is 5.07. The number of pyridine rings is 1. The van der Waals surface area contributed by atoms with E-state index in [1.165, 1.54) is 23.0 Å². The number of thioether (sulfide) groups is 1. The van der Waals surface area contributed by atoms with Gasteiger partial charge in [0.05, 0.1) is 10.9 Å². The largest absolute Gasteiger partial charge is 0.349 e. The molecule has 0 spiro atoms. The predicted molar refractivity (Wildman–Crippen MR) is 72.8 cm³/mol. The van der Waals surface area contributed by atoms with Crippen LogP contribution in [0.5, 0.6) is 0 Å². The van der Waals surface area contributed by atoms with Gasteiger partial charge < -0.3 is 4.90 Å². The highest BCUT2D eigenvalue weighted by atomic mass is 32.2. The number of nitrogens with zero attached hydrogens (tertiary/aromatic N) is 3. The van der Waals surface area contributed by atoms with E-state index < -0.39 is 0 Å². The van der Waals surface area contributed by atoms with Crippen LogP contribution in [0, 0.1) is 0 Å². The summed E-state index contributed by atoms with van der Waals surface area (Å²) < 4.78 is 0. The van der Waals surface area contributed by atoms with E-state index in [1.54, 1.807) is 0 Å². The number of aromatic nitrogens is 1. The normalized spacial score (nSPS) is 24.6. The van der Waals surface area contributed by atoms with Gasteiger partial charge in [-0.1, -0.05) is 0 Å². The molecule has 1 fully saturated rings. The van der Waals surface area contributed by atoms with Crippen LogP contribution in [0.25, 0.3) is 0 Å². The van der Waals surface area contributed by atoms with Crippen LogP contribution >= 0.6 is 11.8 Å². The van der Waals surface area contributed by atoms with Crippen LogP contribution in [-0.4, -0.2) is 47.4 Å². The smallest absolute Gasteiger partial charge is 0.142 e. The van der Waals surface area contributed by atoms with Gasteiger partial charge in [0, 0.05) is 37.6 Å². The molecule has 0 radical (unpaired) electrons. The second-order valence-corrected chi connectivity index (χ2v) is 6.13. The molecule has 17 heavy (non-hydrogen) atoms. The first kappa shape index (κ1) is 11.4. The summed E-state index contributed by atoms with van der Waals surface area (Å²) in [6.07, 6.45) is 1.91. The lowest BCUT2D eigenvalue weighted by Gasteiger charge is -2.46. The molecule has 0 N–H and O–H groups in total. The Morgan fingerprint density at radius 3 is 3.12 bits per heavy atom. The van der Waals surface area contributed by atoms with Gasteiger partial charge in [-0.3, -0.25) is 4.90 Å². The van der Waals surface area contributed by atoms with Crippen LogP contribution in [0.3, 0.4) is 0 Å². The number of anilines is 1. The van der Waals surface area contributed by atoms with Crippen LogP contribution in [-0.2, 0) is 0 Å². The van der Waals surface area contributed by atoms with Crippen molar-refractivity contribution in [2.45, 2.75) is 30.8 Å². The average molecular weight is 249 g/mol. The summed E-state index contributed by atoms with van der Waals surface area (Å²) in [5.74, 6) is 2.40. The van der Waals surface area contributed by atoms with Crippen molar-refractivity contribution >= 4 is 17.6 Å².